The second-order valence-electron chi connectivity index (χ2n) is 2.46. The van der Waals surface area contributed by atoms with Gasteiger partial charge in [0.25, 0.3) is 0 Å². The van der Waals surface area contributed by atoms with Gasteiger partial charge in [0.1, 0.15) is 0 Å². The first-order valence-electron chi connectivity index (χ1n) is 3.51. The van der Waals surface area contributed by atoms with Gasteiger partial charge in [0.15, 0.2) is 0 Å². The second-order valence-corrected chi connectivity index (χ2v) is 2.46. The average molecular weight is 137 g/mol. The molecule has 0 saturated heterocycles. The van der Waals surface area contributed by atoms with E-state index >= 15 is 0 Å². The van der Waals surface area contributed by atoms with Gasteiger partial charge in [-0.1, -0.05) is 25.0 Å². The van der Waals surface area contributed by atoms with Crippen molar-refractivity contribution in [1.82, 2.24) is 4.90 Å². The van der Waals surface area contributed by atoms with Gasteiger partial charge in [-0.15, -0.1) is 6.42 Å². The van der Waals surface area contributed by atoms with Crippen LogP contribution in [0.25, 0.3) is 0 Å². The van der Waals surface area contributed by atoms with Crippen LogP contribution in [0.4, 0.5) is 0 Å². The third-order valence-electron chi connectivity index (χ3n) is 1.26. The molecule has 0 radical (unpaired) electrons. The first kappa shape index (κ1) is 9.26. The molecule has 10 heavy (non-hydrogen) atoms. The molecule has 0 spiro atoms. The molecule has 56 valence electrons. The molecule has 0 aliphatic carbocycles. The molecule has 1 heteroatoms. The Morgan fingerprint density at radius 3 is 2.60 bits per heavy atom. The maximum atomic E-state index is 5.16. The standard InChI is InChI=1S/C9H15N/c1-5-7-10(6-2)8-9(3)4/h1H,3,6-8H2,2,4H3. The third-order valence-corrected chi connectivity index (χ3v) is 1.26. The summed E-state index contributed by atoms with van der Waals surface area (Å²) in [7, 11) is 0. The van der Waals surface area contributed by atoms with E-state index in [1.165, 1.54) is 0 Å². The molecule has 0 aliphatic rings. The molecule has 0 fully saturated rings. The van der Waals surface area contributed by atoms with Crippen molar-refractivity contribution in [3.63, 3.8) is 0 Å². The Balaban J connectivity index is 3.62. The first-order valence-corrected chi connectivity index (χ1v) is 3.51. The van der Waals surface area contributed by atoms with Gasteiger partial charge in [0.05, 0.1) is 6.54 Å². The van der Waals surface area contributed by atoms with Crippen LogP contribution in [0, 0.1) is 12.3 Å². The van der Waals surface area contributed by atoms with Crippen LogP contribution in [0.5, 0.6) is 0 Å². The molecule has 0 saturated carbocycles. The lowest BCUT2D eigenvalue weighted by Crippen LogP contribution is -2.25. The molecular formula is C9H15N. The minimum Gasteiger partial charge on any atom is -0.289 e. The lowest BCUT2D eigenvalue weighted by Gasteiger charge is -2.16. The Morgan fingerprint density at radius 2 is 2.30 bits per heavy atom. The van der Waals surface area contributed by atoms with E-state index in [4.69, 9.17) is 6.42 Å². The van der Waals surface area contributed by atoms with Crippen molar-refractivity contribution in [2.75, 3.05) is 19.6 Å². The van der Waals surface area contributed by atoms with Gasteiger partial charge in [-0.25, -0.2) is 0 Å². The van der Waals surface area contributed by atoms with Crippen LogP contribution in [-0.4, -0.2) is 24.5 Å². The second kappa shape index (κ2) is 5.08. The highest BCUT2D eigenvalue weighted by Gasteiger charge is 1.97. The number of hydrogen-bond donors (Lipinski definition) is 0. The van der Waals surface area contributed by atoms with Crippen LogP contribution in [0.1, 0.15) is 13.8 Å². The van der Waals surface area contributed by atoms with Gasteiger partial charge in [0.2, 0.25) is 0 Å². The van der Waals surface area contributed by atoms with Crippen molar-refractivity contribution < 1.29 is 0 Å². The van der Waals surface area contributed by atoms with Crippen LogP contribution < -0.4 is 0 Å². The van der Waals surface area contributed by atoms with Crippen molar-refractivity contribution in [2.24, 2.45) is 0 Å². The number of hydrogen-bond acceptors (Lipinski definition) is 1. The summed E-state index contributed by atoms with van der Waals surface area (Å²) in [6.07, 6.45) is 5.16. The highest BCUT2D eigenvalue weighted by Crippen LogP contribution is 1.93. The number of terminal acetylenes is 1. The van der Waals surface area contributed by atoms with E-state index in [0.717, 1.165) is 25.2 Å². The summed E-state index contributed by atoms with van der Waals surface area (Å²) < 4.78 is 0. The Labute approximate surface area is 63.7 Å². The largest absolute Gasteiger partial charge is 0.289 e. The lowest BCUT2D eigenvalue weighted by atomic mass is 10.3. The number of nitrogens with zero attached hydrogens (tertiary/aromatic N) is 1. The summed E-state index contributed by atoms with van der Waals surface area (Å²) in [5, 5.41) is 0. The molecule has 0 aliphatic heterocycles. The van der Waals surface area contributed by atoms with E-state index in [-0.39, 0.29) is 0 Å². The van der Waals surface area contributed by atoms with Gasteiger partial charge in [0, 0.05) is 6.54 Å². The zero-order chi connectivity index (χ0) is 7.98. The molecule has 0 rings (SSSR count). The number of likely N-dealkylation sites (N-methyl/N-ethyl adjacent to an activating group) is 1. The van der Waals surface area contributed by atoms with E-state index in [2.05, 4.69) is 24.3 Å². The van der Waals surface area contributed by atoms with E-state index in [9.17, 15) is 0 Å². The smallest absolute Gasteiger partial charge is 0.0601 e. The van der Waals surface area contributed by atoms with Gasteiger partial charge < -0.3 is 0 Å². The molecule has 0 heterocycles. The van der Waals surface area contributed by atoms with Crippen LogP contribution in [0.2, 0.25) is 0 Å². The molecule has 1 nitrogen and oxygen atoms in total. The minimum atomic E-state index is 0.726. The zero-order valence-corrected chi connectivity index (χ0v) is 6.85. The maximum absolute atomic E-state index is 5.16. The van der Waals surface area contributed by atoms with E-state index in [1.54, 1.807) is 0 Å². The van der Waals surface area contributed by atoms with Crippen LogP contribution in [-0.2, 0) is 0 Å². The molecule has 0 aromatic heterocycles. The van der Waals surface area contributed by atoms with Gasteiger partial charge >= 0.3 is 0 Å². The number of rotatable bonds is 4. The molecule has 0 bridgehead atoms. The van der Waals surface area contributed by atoms with Crippen molar-refractivity contribution in [2.45, 2.75) is 13.8 Å². The monoisotopic (exact) mass is 137 g/mol. The van der Waals surface area contributed by atoms with Crippen molar-refractivity contribution in [3.8, 4) is 12.3 Å². The zero-order valence-electron chi connectivity index (χ0n) is 6.85. The highest BCUT2D eigenvalue weighted by molar-refractivity contribution is 4.95. The summed E-state index contributed by atoms with van der Waals surface area (Å²) >= 11 is 0. The third kappa shape index (κ3) is 4.17. The topological polar surface area (TPSA) is 3.24 Å². The van der Waals surface area contributed by atoms with E-state index < -0.39 is 0 Å². The van der Waals surface area contributed by atoms with E-state index in [0.29, 0.717) is 0 Å². The fourth-order valence-corrected chi connectivity index (χ4v) is 0.790. The van der Waals surface area contributed by atoms with Crippen molar-refractivity contribution in [3.05, 3.63) is 12.2 Å². The van der Waals surface area contributed by atoms with E-state index in [1.807, 2.05) is 6.92 Å². The molecule has 0 unspecified atom stereocenters. The maximum Gasteiger partial charge on any atom is 0.0601 e. The normalized spacial score (nSPS) is 9.40. The Bertz CT molecular complexity index is 141. The highest BCUT2D eigenvalue weighted by atomic mass is 15.1. The molecule has 0 amide bonds. The minimum absolute atomic E-state index is 0.726. The van der Waals surface area contributed by atoms with Crippen molar-refractivity contribution in [1.29, 1.82) is 0 Å². The summed E-state index contributed by atoms with van der Waals surface area (Å²) in [5.41, 5.74) is 1.16. The fraction of sp³-hybridized carbons (Fsp3) is 0.556. The first-order chi connectivity index (χ1) is 4.70. The molecule has 0 aromatic carbocycles. The fourth-order valence-electron chi connectivity index (χ4n) is 0.790. The lowest BCUT2D eigenvalue weighted by molar-refractivity contribution is 0.352. The van der Waals surface area contributed by atoms with Crippen molar-refractivity contribution >= 4 is 0 Å². The Morgan fingerprint density at radius 1 is 1.70 bits per heavy atom. The molecule has 0 aromatic rings. The predicted octanol–water partition coefficient (Wildman–Crippen LogP) is 1.52. The van der Waals surface area contributed by atoms with Crippen LogP contribution in [0.3, 0.4) is 0 Å². The summed E-state index contributed by atoms with van der Waals surface area (Å²) in [6.45, 7) is 10.6. The quantitative estimate of drug-likeness (QED) is 0.419. The van der Waals surface area contributed by atoms with Crippen LogP contribution >= 0.6 is 0 Å². The Hall–Kier alpha value is -0.740. The molecule has 0 atom stereocenters. The Kier molecular flexibility index (Phi) is 4.70. The average Bonchev–Trinajstić information content (AvgIpc) is 1.86. The summed E-state index contributed by atoms with van der Waals surface area (Å²) in [6, 6.07) is 0. The predicted molar refractivity (Wildman–Crippen MR) is 45.8 cm³/mol. The summed E-state index contributed by atoms with van der Waals surface area (Å²) in [4.78, 5) is 2.17. The van der Waals surface area contributed by atoms with Gasteiger partial charge in [-0.2, -0.15) is 0 Å². The molecule has 0 N–H and O–H groups in total. The van der Waals surface area contributed by atoms with Gasteiger partial charge in [-0.3, -0.25) is 4.90 Å². The molecular weight excluding hydrogens is 122 g/mol. The SMILES string of the molecule is C#CCN(CC)CC(=C)C. The van der Waals surface area contributed by atoms with Gasteiger partial charge in [-0.05, 0) is 13.5 Å². The van der Waals surface area contributed by atoms with Crippen LogP contribution in [0.15, 0.2) is 12.2 Å². The summed E-state index contributed by atoms with van der Waals surface area (Å²) in [5.74, 6) is 2.61.